The van der Waals surface area contributed by atoms with Crippen LogP contribution >= 0.6 is 0 Å². The van der Waals surface area contributed by atoms with Crippen LogP contribution in [0.3, 0.4) is 0 Å². The van der Waals surface area contributed by atoms with Crippen molar-refractivity contribution in [2.45, 2.75) is 58.3 Å². The lowest BCUT2D eigenvalue weighted by atomic mass is 9.83. The molecule has 3 aromatic rings. The largest absolute Gasteiger partial charge is 0.507 e. The summed E-state index contributed by atoms with van der Waals surface area (Å²) in [6.07, 6.45) is 5.72. The zero-order valence-electron chi connectivity index (χ0n) is 16.7. The van der Waals surface area contributed by atoms with Crippen LogP contribution in [0.4, 0.5) is 0 Å². The molecule has 1 aliphatic carbocycles. The summed E-state index contributed by atoms with van der Waals surface area (Å²) in [6, 6.07) is 14.3. The van der Waals surface area contributed by atoms with Crippen LogP contribution in [-0.2, 0) is 19.3 Å². The maximum absolute atomic E-state index is 12.5. The summed E-state index contributed by atoms with van der Waals surface area (Å²) >= 11 is 0. The number of aromatic hydroxyl groups is 1. The predicted octanol–water partition coefficient (Wildman–Crippen LogP) is 5.75. The molecule has 0 radical (unpaired) electrons. The van der Waals surface area contributed by atoms with Crippen LogP contribution in [0.15, 0.2) is 51.7 Å². The third kappa shape index (κ3) is 3.71. The van der Waals surface area contributed by atoms with Crippen molar-refractivity contribution in [3.05, 3.63) is 75.1 Å². The van der Waals surface area contributed by atoms with Gasteiger partial charge in [-0.1, -0.05) is 44.2 Å². The van der Waals surface area contributed by atoms with Gasteiger partial charge in [0.2, 0.25) is 0 Å². The number of benzene rings is 2. The zero-order valence-corrected chi connectivity index (χ0v) is 16.7. The summed E-state index contributed by atoms with van der Waals surface area (Å²) in [7, 11) is 0. The number of aryl methyl sites for hydroxylation is 1. The Labute approximate surface area is 166 Å². The Morgan fingerprint density at radius 1 is 1.18 bits per heavy atom. The first-order chi connectivity index (χ1) is 13.5. The fourth-order valence-corrected chi connectivity index (χ4v) is 4.47. The van der Waals surface area contributed by atoms with Crippen molar-refractivity contribution >= 4 is 11.0 Å². The summed E-state index contributed by atoms with van der Waals surface area (Å²) < 4.78 is 5.63. The van der Waals surface area contributed by atoms with E-state index in [4.69, 9.17) is 4.42 Å². The second-order valence-corrected chi connectivity index (χ2v) is 8.39. The summed E-state index contributed by atoms with van der Waals surface area (Å²) in [5.41, 5.74) is 4.42. The summed E-state index contributed by atoms with van der Waals surface area (Å²) in [5, 5.41) is 11.5. The molecular formula is C25H28O3. The molecule has 1 aliphatic rings. The van der Waals surface area contributed by atoms with E-state index < -0.39 is 0 Å². The smallest absolute Gasteiger partial charge is 0.339 e. The van der Waals surface area contributed by atoms with Gasteiger partial charge >= 0.3 is 5.63 Å². The maximum atomic E-state index is 12.5. The monoisotopic (exact) mass is 376 g/mol. The van der Waals surface area contributed by atoms with Crippen LogP contribution in [-0.4, -0.2) is 5.11 Å². The number of phenols is 1. The number of hydrogen-bond donors (Lipinski definition) is 1. The van der Waals surface area contributed by atoms with E-state index in [1.165, 1.54) is 5.56 Å². The van der Waals surface area contributed by atoms with Crippen molar-refractivity contribution in [1.29, 1.82) is 0 Å². The van der Waals surface area contributed by atoms with E-state index in [0.29, 0.717) is 17.4 Å². The number of fused-ring (bicyclic) bond motifs is 3. The van der Waals surface area contributed by atoms with Gasteiger partial charge in [0.25, 0.3) is 0 Å². The Bertz CT molecular complexity index is 1030. The highest BCUT2D eigenvalue weighted by Gasteiger charge is 2.24. The first kappa shape index (κ1) is 18.8. The number of rotatable bonds is 5. The van der Waals surface area contributed by atoms with Crippen LogP contribution in [0.2, 0.25) is 0 Å². The molecule has 3 heteroatoms. The van der Waals surface area contributed by atoms with Gasteiger partial charge in [0, 0.05) is 5.56 Å². The summed E-state index contributed by atoms with van der Waals surface area (Å²) in [6.45, 7) is 4.37. The minimum absolute atomic E-state index is 0.234. The van der Waals surface area contributed by atoms with Crippen molar-refractivity contribution in [1.82, 2.24) is 0 Å². The highest BCUT2D eigenvalue weighted by atomic mass is 16.4. The average molecular weight is 376 g/mol. The predicted molar refractivity (Wildman–Crippen MR) is 113 cm³/mol. The maximum Gasteiger partial charge on any atom is 0.339 e. The molecule has 1 heterocycles. The lowest BCUT2D eigenvalue weighted by molar-refractivity contribution is 0.460. The second kappa shape index (κ2) is 7.83. The molecule has 0 fully saturated rings. The first-order valence-electron chi connectivity index (χ1n) is 10.4. The molecule has 2 atom stereocenters. The molecule has 2 unspecified atom stereocenters. The molecule has 0 bridgehead atoms. The van der Waals surface area contributed by atoms with E-state index in [0.717, 1.165) is 60.6 Å². The third-order valence-corrected chi connectivity index (χ3v) is 6.17. The highest BCUT2D eigenvalue weighted by Crippen LogP contribution is 2.37. The fourth-order valence-electron chi connectivity index (χ4n) is 4.47. The molecule has 146 valence electrons. The third-order valence-electron chi connectivity index (χ3n) is 6.17. The quantitative estimate of drug-likeness (QED) is 0.577. The molecule has 1 N–H and O–H groups in total. The van der Waals surface area contributed by atoms with Gasteiger partial charge in [0.05, 0.1) is 5.39 Å². The van der Waals surface area contributed by atoms with Crippen molar-refractivity contribution < 1.29 is 9.52 Å². The normalized spacial score (nSPS) is 17.4. The van der Waals surface area contributed by atoms with Crippen molar-refractivity contribution in [3.63, 3.8) is 0 Å². The van der Waals surface area contributed by atoms with Crippen LogP contribution in [0.25, 0.3) is 11.0 Å². The van der Waals surface area contributed by atoms with Crippen molar-refractivity contribution in [3.8, 4) is 5.75 Å². The molecule has 0 aliphatic heterocycles. The van der Waals surface area contributed by atoms with Crippen LogP contribution in [0, 0.1) is 5.92 Å². The van der Waals surface area contributed by atoms with E-state index in [-0.39, 0.29) is 11.4 Å². The Hall–Kier alpha value is -2.55. The van der Waals surface area contributed by atoms with E-state index >= 15 is 0 Å². The van der Waals surface area contributed by atoms with Gasteiger partial charge in [-0.25, -0.2) is 4.79 Å². The summed E-state index contributed by atoms with van der Waals surface area (Å²) in [5.74, 6) is 1.06. The van der Waals surface area contributed by atoms with Gasteiger partial charge in [0.1, 0.15) is 11.3 Å². The van der Waals surface area contributed by atoms with Crippen LogP contribution in [0.1, 0.15) is 61.3 Å². The molecule has 1 aromatic heterocycles. The highest BCUT2D eigenvalue weighted by molar-refractivity contribution is 5.88. The molecule has 0 saturated carbocycles. The molecule has 0 spiro atoms. The molecule has 0 amide bonds. The van der Waals surface area contributed by atoms with Gasteiger partial charge < -0.3 is 9.52 Å². The SMILES string of the molecule is CC1CCc2c(c3c(O)cc(C(C)CCCc4ccccc4)cc3oc2=O)C1. The Morgan fingerprint density at radius 2 is 1.96 bits per heavy atom. The minimum Gasteiger partial charge on any atom is -0.507 e. The second-order valence-electron chi connectivity index (χ2n) is 8.39. The molecule has 28 heavy (non-hydrogen) atoms. The molecule has 3 nitrogen and oxygen atoms in total. The first-order valence-corrected chi connectivity index (χ1v) is 10.4. The van der Waals surface area contributed by atoms with Gasteiger partial charge in [-0.15, -0.1) is 0 Å². The lowest BCUT2D eigenvalue weighted by Crippen LogP contribution is -2.20. The molecule has 4 rings (SSSR count). The molecule has 2 aromatic carbocycles. The van der Waals surface area contributed by atoms with Gasteiger partial charge in [0.15, 0.2) is 0 Å². The van der Waals surface area contributed by atoms with Gasteiger partial charge in [-0.2, -0.15) is 0 Å². The van der Waals surface area contributed by atoms with Crippen LogP contribution < -0.4 is 5.63 Å². The number of hydrogen-bond acceptors (Lipinski definition) is 3. The van der Waals surface area contributed by atoms with Crippen molar-refractivity contribution in [2.75, 3.05) is 0 Å². The Morgan fingerprint density at radius 3 is 2.75 bits per heavy atom. The average Bonchev–Trinajstić information content (AvgIpc) is 2.68. The molecular weight excluding hydrogens is 348 g/mol. The summed E-state index contributed by atoms with van der Waals surface area (Å²) in [4.78, 5) is 12.5. The van der Waals surface area contributed by atoms with E-state index in [1.807, 2.05) is 18.2 Å². The van der Waals surface area contributed by atoms with Gasteiger partial charge in [-0.3, -0.25) is 0 Å². The Balaban J connectivity index is 1.59. The number of phenolic OH excluding ortho intramolecular Hbond substituents is 1. The topological polar surface area (TPSA) is 50.4 Å². The van der Waals surface area contributed by atoms with Crippen LogP contribution in [0.5, 0.6) is 5.75 Å². The fraction of sp³-hybridized carbons (Fsp3) is 0.400. The minimum atomic E-state index is -0.234. The van der Waals surface area contributed by atoms with E-state index in [9.17, 15) is 9.90 Å². The Kier molecular flexibility index (Phi) is 5.25. The zero-order chi connectivity index (χ0) is 19.7. The van der Waals surface area contributed by atoms with Gasteiger partial charge in [-0.05, 0) is 79.2 Å². The van der Waals surface area contributed by atoms with E-state index in [1.54, 1.807) is 0 Å². The van der Waals surface area contributed by atoms with Crippen molar-refractivity contribution in [2.24, 2.45) is 5.92 Å². The van der Waals surface area contributed by atoms with E-state index in [2.05, 4.69) is 38.1 Å². The standard InChI is InChI=1S/C25H28O3/c1-16-11-12-20-21(13-16)24-22(26)14-19(15-23(24)28-25(20)27)17(2)7-6-10-18-8-4-3-5-9-18/h3-5,8-9,14-17,26H,6-7,10-13H2,1-2H3. The molecule has 0 saturated heterocycles. The lowest BCUT2D eigenvalue weighted by Gasteiger charge is -2.22.